The van der Waals surface area contributed by atoms with Crippen molar-refractivity contribution in [2.24, 2.45) is 0 Å². The number of hydrogen-bond acceptors (Lipinski definition) is 3. The van der Waals surface area contributed by atoms with Crippen LogP contribution in [0, 0.1) is 0 Å². The Morgan fingerprint density at radius 1 is 1.14 bits per heavy atom. The molecule has 0 atom stereocenters. The first-order valence-electron chi connectivity index (χ1n) is 6.71. The van der Waals surface area contributed by atoms with Gasteiger partial charge in [-0.3, -0.25) is 9.78 Å². The number of carbonyl (C=O) groups is 2. The number of carbonyl (C=O) groups excluding carboxylic acids is 1. The molecule has 2 aromatic rings. The fourth-order valence-electron chi connectivity index (χ4n) is 2.58. The van der Waals surface area contributed by atoms with Crippen LogP contribution >= 0.6 is 0 Å². The average Bonchev–Trinajstić information content (AvgIpc) is 2.53. The molecule has 0 aliphatic carbocycles. The number of amides is 1. The van der Waals surface area contributed by atoms with E-state index in [-0.39, 0.29) is 11.5 Å². The monoisotopic (exact) mass is 282 g/mol. The van der Waals surface area contributed by atoms with E-state index in [9.17, 15) is 14.7 Å². The first-order valence-corrected chi connectivity index (χ1v) is 6.71. The molecule has 0 bridgehead atoms. The van der Waals surface area contributed by atoms with Crippen molar-refractivity contribution in [3.8, 4) is 0 Å². The molecule has 21 heavy (non-hydrogen) atoms. The van der Waals surface area contributed by atoms with Crippen molar-refractivity contribution in [1.82, 2.24) is 9.88 Å². The summed E-state index contributed by atoms with van der Waals surface area (Å²) in [6.07, 6.45) is 2.09. The zero-order valence-electron chi connectivity index (χ0n) is 11.3. The predicted octanol–water partition coefficient (Wildman–Crippen LogP) is 1.98. The van der Waals surface area contributed by atoms with Crippen LogP contribution in [0.5, 0.6) is 0 Å². The summed E-state index contributed by atoms with van der Waals surface area (Å²) in [7, 11) is 0. The van der Waals surface area contributed by atoms with E-state index in [0.717, 1.165) is 5.69 Å². The molecule has 0 saturated heterocycles. The van der Waals surface area contributed by atoms with Crippen molar-refractivity contribution in [1.29, 1.82) is 0 Å². The molecule has 1 amide bonds. The third kappa shape index (κ3) is 2.50. The first kappa shape index (κ1) is 13.3. The molecule has 2 heterocycles. The Bertz CT molecular complexity index is 698. The third-order valence-electron chi connectivity index (χ3n) is 3.65. The average molecular weight is 282 g/mol. The van der Waals surface area contributed by atoms with Gasteiger partial charge < -0.3 is 10.0 Å². The summed E-state index contributed by atoms with van der Waals surface area (Å²) in [4.78, 5) is 29.6. The summed E-state index contributed by atoms with van der Waals surface area (Å²) in [6, 6.07) is 10.5. The number of hydrogen-bond donors (Lipinski definition) is 1. The number of aromatic carboxylic acids is 1. The number of carboxylic acid groups (broad SMARTS) is 1. The summed E-state index contributed by atoms with van der Waals surface area (Å²) in [6.45, 7) is 0.843. The number of pyridine rings is 1. The number of aromatic nitrogens is 1. The summed E-state index contributed by atoms with van der Waals surface area (Å²) in [5.41, 5.74) is 2.25. The maximum Gasteiger partial charge on any atom is 0.336 e. The third-order valence-corrected chi connectivity index (χ3v) is 3.65. The number of rotatable bonds is 2. The summed E-state index contributed by atoms with van der Waals surface area (Å²) >= 11 is 0. The van der Waals surface area contributed by atoms with Gasteiger partial charge in [0.15, 0.2) is 0 Å². The molecule has 1 aliphatic rings. The molecule has 5 heteroatoms. The highest BCUT2D eigenvalue weighted by Crippen LogP contribution is 2.22. The lowest BCUT2D eigenvalue weighted by Gasteiger charge is -2.29. The molecule has 1 N–H and O–H groups in total. The molecular formula is C16H14N2O3. The number of carboxylic acids is 1. The van der Waals surface area contributed by atoms with E-state index >= 15 is 0 Å². The van der Waals surface area contributed by atoms with Gasteiger partial charge in [0.2, 0.25) is 0 Å². The van der Waals surface area contributed by atoms with Crippen molar-refractivity contribution < 1.29 is 14.7 Å². The summed E-state index contributed by atoms with van der Waals surface area (Å²) < 4.78 is 0. The minimum atomic E-state index is -0.984. The topological polar surface area (TPSA) is 70.5 Å². The van der Waals surface area contributed by atoms with Crippen molar-refractivity contribution in [2.75, 3.05) is 6.54 Å². The van der Waals surface area contributed by atoms with Crippen LogP contribution in [-0.4, -0.2) is 33.4 Å². The molecule has 5 nitrogen and oxygen atoms in total. The molecule has 1 aromatic heterocycles. The van der Waals surface area contributed by atoms with Crippen molar-refractivity contribution in [3.05, 3.63) is 65.0 Å². The van der Waals surface area contributed by atoms with E-state index in [4.69, 9.17) is 0 Å². The van der Waals surface area contributed by atoms with Crippen LogP contribution < -0.4 is 0 Å². The van der Waals surface area contributed by atoms with E-state index in [1.807, 2.05) is 18.2 Å². The first-order chi connectivity index (χ1) is 10.2. The van der Waals surface area contributed by atoms with Gasteiger partial charge in [0.05, 0.1) is 5.56 Å². The Kier molecular flexibility index (Phi) is 3.39. The molecule has 3 rings (SSSR count). The number of fused-ring (bicyclic) bond motifs is 1. The van der Waals surface area contributed by atoms with Gasteiger partial charge in [-0.2, -0.15) is 0 Å². The zero-order valence-corrected chi connectivity index (χ0v) is 11.3. The smallest absolute Gasteiger partial charge is 0.336 e. The quantitative estimate of drug-likeness (QED) is 0.914. The van der Waals surface area contributed by atoms with Gasteiger partial charge in [0.25, 0.3) is 5.91 Å². The normalized spacial score (nSPS) is 13.6. The van der Waals surface area contributed by atoms with E-state index in [0.29, 0.717) is 30.6 Å². The largest absolute Gasteiger partial charge is 0.478 e. The maximum atomic E-state index is 12.4. The Labute approximate surface area is 121 Å². The van der Waals surface area contributed by atoms with E-state index in [1.54, 1.807) is 17.0 Å². The van der Waals surface area contributed by atoms with Gasteiger partial charge in [-0.15, -0.1) is 0 Å². The minimum absolute atomic E-state index is 0.0820. The van der Waals surface area contributed by atoms with Crippen LogP contribution in [0.2, 0.25) is 0 Å². The van der Waals surface area contributed by atoms with Crippen LogP contribution in [0.25, 0.3) is 0 Å². The van der Waals surface area contributed by atoms with Gasteiger partial charge >= 0.3 is 5.97 Å². The Morgan fingerprint density at radius 2 is 1.90 bits per heavy atom. The molecule has 0 fully saturated rings. The van der Waals surface area contributed by atoms with Crippen LogP contribution in [0.15, 0.2) is 42.6 Å². The van der Waals surface area contributed by atoms with Crippen LogP contribution in [0.4, 0.5) is 0 Å². The number of benzene rings is 1. The highest BCUT2D eigenvalue weighted by Gasteiger charge is 2.26. The summed E-state index contributed by atoms with van der Waals surface area (Å²) in [5, 5.41) is 9.25. The van der Waals surface area contributed by atoms with Gasteiger partial charge in [-0.25, -0.2) is 4.79 Å². The molecular weight excluding hydrogens is 268 g/mol. The molecule has 106 valence electrons. The second-order valence-electron chi connectivity index (χ2n) is 4.93. The Balaban J connectivity index is 1.91. The van der Waals surface area contributed by atoms with Crippen molar-refractivity contribution in [3.63, 3.8) is 0 Å². The highest BCUT2D eigenvalue weighted by molar-refractivity contribution is 5.95. The van der Waals surface area contributed by atoms with E-state index in [2.05, 4.69) is 4.98 Å². The minimum Gasteiger partial charge on any atom is -0.478 e. The molecule has 0 unspecified atom stereocenters. The van der Waals surface area contributed by atoms with Gasteiger partial charge in [-0.1, -0.05) is 18.2 Å². The molecule has 0 saturated carbocycles. The molecule has 1 aliphatic heterocycles. The standard InChI is InChI=1S/C16H14N2O3/c19-15(11-4-2-1-3-5-11)18-9-7-14-13(10-18)12(16(20)21)6-8-17-14/h1-6,8H,7,9-10H2,(H,20,21). The molecule has 1 aromatic carbocycles. The van der Waals surface area contributed by atoms with E-state index in [1.165, 1.54) is 12.3 Å². The fraction of sp³-hybridized carbons (Fsp3) is 0.188. The lowest BCUT2D eigenvalue weighted by molar-refractivity contribution is 0.0676. The predicted molar refractivity (Wildman–Crippen MR) is 76.1 cm³/mol. The lowest BCUT2D eigenvalue weighted by Crippen LogP contribution is -2.37. The van der Waals surface area contributed by atoms with Crippen LogP contribution in [0.1, 0.15) is 32.0 Å². The van der Waals surface area contributed by atoms with Gasteiger partial charge in [0.1, 0.15) is 0 Å². The maximum absolute atomic E-state index is 12.4. The zero-order chi connectivity index (χ0) is 14.8. The summed E-state index contributed by atoms with van der Waals surface area (Å²) in [5.74, 6) is -1.07. The van der Waals surface area contributed by atoms with Gasteiger partial charge in [0, 0.05) is 42.5 Å². The van der Waals surface area contributed by atoms with Crippen LogP contribution in [0.3, 0.4) is 0 Å². The highest BCUT2D eigenvalue weighted by atomic mass is 16.4. The number of nitrogens with zero attached hydrogens (tertiary/aromatic N) is 2. The van der Waals surface area contributed by atoms with Crippen molar-refractivity contribution >= 4 is 11.9 Å². The second kappa shape index (κ2) is 5.36. The van der Waals surface area contributed by atoms with Gasteiger partial charge in [-0.05, 0) is 18.2 Å². The van der Waals surface area contributed by atoms with Crippen LogP contribution in [-0.2, 0) is 13.0 Å². The fourth-order valence-corrected chi connectivity index (χ4v) is 2.58. The second-order valence-corrected chi connectivity index (χ2v) is 4.93. The Morgan fingerprint density at radius 3 is 2.62 bits per heavy atom. The molecule has 0 spiro atoms. The van der Waals surface area contributed by atoms with Crippen molar-refractivity contribution in [2.45, 2.75) is 13.0 Å². The lowest BCUT2D eigenvalue weighted by atomic mass is 9.99. The molecule has 0 radical (unpaired) electrons. The van der Waals surface area contributed by atoms with E-state index < -0.39 is 5.97 Å². The SMILES string of the molecule is O=C(O)c1ccnc2c1CN(C(=O)c1ccccc1)CC2. The Hall–Kier alpha value is -2.69.